The van der Waals surface area contributed by atoms with Crippen LogP contribution in [0.2, 0.25) is 0 Å². The molecule has 1 aliphatic rings. The zero-order chi connectivity index (χ0) is 14.9. The number of nitrogens with one attached hydrogen (secondary N) is 1. The lowest BCUT2D eigenvalue weighted by Gasteiger charge is -2.28. The summed E-state index contributed by atoms with van der Waals surface area (Å²) in [5.41, 5.74) is 1.37. The molecule has 0 radical (unpaired) electrons. The normalized spacial score (nSPS) is 19.4. The fraction of sp³-hybridized carbons (Fsp3) is 0.588. The molecule has 0 saturated carbocycles. The lowest BCUT2D eigenvalue weighted by Crippen LogP contribution is -2.41. The van der Waals surface area contributed by atoms with Gasteiger partial charge in [0.15, 0.2) is 0 Å². The third-order valence-electron chi connectivity index (χ3n) is 3.87. The zero-order valence-electron chi connectivity index (χ0n) is 12.9. The van der Waals surface area contributed by atoms with Crippen molar-refractivity contribution in [3.63, 3.8) is 0 Å². The molecule has 1 aromatic rings. The van der Waals surface area contributed by atoms with Crippen LogP contribution in [0.1, 0.15) is 24.8 Å². The van der Waals surface area contributed by atoms with Crippen LogP contribution in [-0.2, 0) is 10.5 Å². The van der Waals surface area contributed by atoms with Crippen LogP contribution in [0.5, 0.6) is 0 Å². The van der Waals surface area contributed by atoms with Gasteiger partial charge in [-0.2, -0.15) is 11.8 Å². The molecule has 116 valence electrons. The Morgan fingerprint density at radius 1 is 1.38 bits per heavy atom. The van der Waals surface area contributed by atoms with Crippen molar-refractivity contribution < 1.29 is 4.79 Å². The van der Waals surface area contributed by atoms with Crippen molar-refractivity contribution in [3.05, 3.63) is 35.9 Å². The molecule has 4 heteroatoms. The van der Waals surface area contributed by atoms with Gasteiger partial charge in [-0.25, -0.2) is 0 Å². The second-order valence-corrected chi connectivity index (χ2v) is 6.89. The Kier molecular flexibility index (Phi) is 7.10. The summed E-state index contributed by atoms with van der Waals surface area (Å²) >= 11 is 1.93. The number of hydrogen-bond donors (Lipinski definition) is 1. The molecule has 0 aliphatic carbocycles. The molecule has 1 saturated heterocycles. The van der Waals surface area contributed by atoms with Crippen LogP contribution < -0.4 is 5.32 Å². The first kappa shape index (κ1) is 16.4. The van der Waals surface area contributed by atoms with Crippen LogP contribution in [0.25, 0.3) is 0 Å². The largest absolute Gasteiger partial charge is 0.356 e. The van der Waals surface area contributed by atoms with E-state index in [1.54, 1.807) is 0 Å². The van der Waals surface area contributed by atoms with Crippen LogP contribution in [0.3, 0.4) is 0 Å². The quantitative estimate of drug-likeness (QED) is 0.786. The smallest absolute Gasteiger partial charge is 0.224 e. The van der Waals surface area contributed by atoms with E-state index in [-0.39, 0.29) is 11.8 Å². The van der Waals surface area contributed by atoms with Crippen LogP contribution >= 0.6 is 11.8 Å². The molecule has 2 rings (SSSR count). The van der Waals surface area contributed by atoms with Crippen molar-refractivity contribution in [3.8, 4) is 0 Å². The molecule has 3 nitrogen and oxygen atoms in total. The van der Waals surface area contributed by atoms with Gasteiger partial charge < -0.3 is 10.2 Å². The highest BCUT2D eigenvalue weighted by molar-refractivity contribution is 7.98. The molecule has 0 aromatic heterocycles. The third kappa shape index (κ3) is 6.10. The molecular weight excluding hydrogens is 280 g/mol. The number of piperidine rings is 1. The standard InChI is InChI=1S/C17H26N2OS/c1-19-11-5-9-16(13-19)17(20)18-10-6-12-21-14-15-7-3-2-4-8-15/h2-4,7-8,16H,5-6,9-14H2,1H3,(H,18,20)/t16-/m1/s1. The van der Waals surface area contributed by atoms with Crippen LogP contribution in [0.4, 0.5) is 0 Å². The molecule has 1 atom stereocenters. The zero-order valence-corrected chi connectivity index (χ0v) is 13.7. The van der Waals surface area contributed by atoms with Crippen LogP contribution in [0, 0.1) is 5.92 Å². The maximum Gasteiger partial charge on any atom is 0.224 e. The Morgan fingerprint density at radius 2 is 2.19 bits per heavy atom. The van der Waals surface area contributed by atoms with Gasteiger partial charge in [-0.05, 0) is 44.2 Å². The summed E-state index contributed by atoms with van der Waals surface area (Å²) in [6.45, 7) is 2.84. The second kappa shape index (κ2) is 9.11. The highest BCUT2D eigenvalue weighted by Crippen LogP contribution is 2.15. The summed E-state index contributed by atoms with van der Waals surface area (Å²) in [7, 11) is 2.10. The topological polar surface area (TPSA) is 32.3 Å². The van der Waals surface area contributed by atoms with E-state index in [4.69, 9.17) is 0 Å². The molecule has 21 heavy (non-hydrogen) atoms. The van der Waals surface area contributed by atoms with Crippen molar-refractivity contribution in [2.45, 2.75) is 25.0 Å². The molecule has 0 spiro atoms. The highest BCUT2D eigenvalue weighted by Gasteiger charge is 2.23. The van der Waals surface area contributed by atoms with Crippen molar-refractivity contribution in [1.82, 2.24) is 10.2 Å². The van der Waals surface area contributed by atoms with E-state index in [0.29, 0.717) is 0 Å². The Hall–Kier alpha value is -1.00. The minimum absolute atomic E-state index is 0.195. The predicted molar refractivity (Wildman–Crippen MR) is 90.5 cm³/mol. The van der Waals surface area contributed by atoms with Crippen molar-refractivity contribution in [2.24, 2.45) is 5.92 Å². The average Bonchev–Trinajstić information content (AvgIpc) is 2.51. The number of nitrogens with zero attached hydrogens (tertiary/aromatic N) is 1. The minimum atomic E-state index is 0.195. The molecule has 1 N–H and O–H groups in total. The van der Waals surface area contributed by atoms with Gasteiger partial charge in [-0.3, -0.25) is 4.79 Å². The maximum atomic E-state index is 12.1. The molecule has 0 unspecified atom stereocenters. The van der Waals surface area contributed by atoms with Gasteiger partial charge in [0.05, 0.1) is 5.92 Å². The Bertz CT molecular complexity index is 424. The van der Waals surface area contributed by atoms with Crippen LogP contribution in [-0.4, -0.2) is 43.2 Å². The van der Waals surface area contributed by atoms with Gasteiger partial charge in [0.25, 0.3) is 0 Å². The average molecular weight is 306 g/mol. The minimum Gasteiger partial charge on any atom is -0.356 e. The Morgan fingerprint density at radius 3 is 2.95 bits per heavy atom. The first-order chi connectivity index (χ1) is 10.3. The van der Waals surface area contributed by atoms with Gasteiger partial charge in [0, 0.05) is 18.8 Å². The predicted octanol–water partition coefficient (Wildman–Crippen LogP) is 2.77. The number of carbonyl (C=O) groups is 1. The van der Waals surface area contributed by atoms with Gasteiger partial charge in [0.1, 0.15) is 0 Å². The first-order valence-corrected chi connectivity index (χ1v) is 8.99. The number of benzene rings is 1. The number of hydrogen-bond acceptors (Lipinski definition) is 3. The third-order valence-corrected chi connectivity index (χ3v) is 4.99. The van der Waals surface area contributed by atoms with Gasteiger partial charge in [-0.15, -0.1) is 0 Å². The summed E-state index contributed by atoms with van der Waals surface area (Å²) < 4.78 is 0. The first-order valence-electron chi connectivity index (χ1n) is 7.83. The number of carbonyl (C=O) groups excluding carboxylic acids is 1. The summed E-state index contributed by atoms with van der Waals surface area (Å²) in [6.07, 6.45) is 3.23. The summed E-state index contributed by atoms with van der Waals surface area (Å²) in [5, 5.41) is 3.09. The lowest BCUT2D eigenvalue weighted by molar-refractivity contribution is -0.126. The van der Waals surface area contributed by atoms with E-state index in [0.717, 1.165) is 50.4 Å². The molecule has 1 amide bonds. The molecule has 1 aromatic carbocycles. The van der Waals surface area contributed by atoms with Gasteiger partial charge >= 0.3 is 0 Å². The fourth-order valence-corrected chi connectivity index (χ4v) is 3.60. The summed E-state index contributed by atoms with van der Waals surface area (Å²) in [6, 6.07) is 10.5. The van der Waals surface area contributed by atoms with Crippen molar-refractivity contribution >= 4 is 17.7 Å². The van der Waals surface area contributed by atoms with E-state index in [1.807, 2.05) is 17.8 Å². The van der Waals surface area contributed by atoms with Crippen molar-refractivity contribution in [2.75, 3.05) is 32.4 Å². The summed E-state index contributed by atoms with van der Waals surface area (Å²) in [4.78, 5) is 14.3. The van der Waals surface area contributed by atoms with E-state index >= 15 is 0 Å². The molecule has 1 fully saturated rings. The van der Waals surface area contributed by atoms with E-state index in [9.17, 15) is 4.79 Å². The number of likely N-dealkylation sites (tertiary alicyclic amines) is 1. The van der Waals surface area contributed by atoms with E-state index < -0.39 is 0 Å². The highest BCUT2D eigenvalue weighted by atomic mass is 32.2. The van der Waals surface area contributed by atoms with Gasteiger partial charge in [0.2, 0.25) is 5.91 Å². The van der Waals surface area contributed by atoms with E-state index in [2.05, 4.69) is 41.5 Å². The SMILES string of the molecule is CN1CCC[C@@H](C(=O)NCCCSCc2ccccc2)C1. The molecular formula is C17H26N2OS. The molecule has 1 heterocycles. The van der Waals surface area contributed by atoms with Crippen LogP contribution in [0.15, 0.2) is 30.3 Å². The second-order valence-electron chi connectivity index (χ2n) is 5.78. The van der Waals surface area contributed by atoms with Gasteiger partial charge in [-0.1, -0.05) is 30.3 Å². The lowest BCUT2D eigenvalue weighted by atomic mass is 9.98. The Labute approximate surface area is 132 Å². The molecule has 0 bridgehead atoms. The van der Waals surface area contributed by atoms with Crippen molar-refractivity contribution in [1.29, 1.82) is 0 Å². The number of thioether (sulfide) groups is 1. The van der Waals surface area contributed by atoms with E-state index in [1.165, 1.54) is 5.56 Å². The monoisotopic (exact) mass is 306 g/mol. The molecule has 1 aliphatic heterocycles. The maximum absolute atomic E-state index is 12.1. The summed E-state index contributed by atoms with van der Waals surface area (Å²) in [5.74, 6) is 2.59. The number of amides is 1. The fourth-order valence-electron chi connectivity index (χ4n) is 2.67. The Balaban J connectivity index is 1.52. The number of rotatable bonds is 7.